The molecule has 0 amide bonds. The topological polar surface area (TPSA) is 18.5 Å². The van der Waals surface area contributed by atoms with E-state index in [1.165, 1.54) is 24.8 Å². The minimum atomic E-state index is -0.293. The Morgan fingerprint density at radius 3 is 2.18 bits per heavy atom. The Hall–Kier alpha value is -1.06. The Morgan fingerprint density at radius 1 is 0.818 bits per heavy atom. The van der Waals surface area contributed by atoms with Crippen LogP contribution in [0.25, 0.3) is 19.3 Å². The van der Waals surface area contributed by atoms with Gasteiger partial charge in [-0.25, -0.2) is 0 Å². The number of rotatable bonds is 1. The third kappa shape index (κ3) is 2.02. The molecule has 1 aliphatic rings. The van der Waals surface area contributed by atoms with E-state index in [0.717, 1.165) is 0 Å². The first kappa shape index (κ1) is 14.5. The molecule has 0 saturated carbocycles. The number of fused-ring (bicyclic) bond motifs is 3. The first-order valence-electron chi connectivity index (χ1n) is 7.65. The van der Waals surface area contributed by atoms with Crippen molar-refractivity contribution in [1.29, 1.82) is 0 Å². The fourth-order valence-electron chi connectivity index (χ4n) is 2.92. The molecule has 0 spiro atoms. The number of hydrogen-bond acceptors (Lipinski definition) is 2. The molecule has 4 rings (SSSR count). The van der Waals surface area contributed by atoms with E-state index in [2.05, 4.69) is 70.2 Å². The second kappa shape index (κ2) is 4.72. The number of hydrogen-bond donors (Lipinski definition) is 0. The molecule has 0 unspecified atom stereocenters. The molecule has 1 aliphatic heterocycles. The molecule has 0 bridgehead atoms. The quantitative estimate of drug-likeness (QED) is 0.622. The summed E-state index contributed by atoms with van der Waals surface area (Å²) < 4.78 is 15.4. The van der Waals surface area contributed by atoms with Gasteiger partial charge in [0, 0.05) is 0 Å². The molecule has 112 valence electrons. The van der Waals surface area contributed by atoms with Gasteiger partial charge in [-0.15, -0.1) is 0 Å². The summed E-state index contributed by atoms with van der Waals surface area (Å²) in [7, 11) is -0.267. The van der Waals surface area contributed by atoms with E-state index in [4.69, 9.17) is 9.31 Å². The van der Waals surface area contributed by atoms with Gasteiger partial charge in [-0.2, -0.15) is 0 Å². The zero-order valence-electron chi connectivity index (χ0n) is 13.3. The van der Waals surface area contributed by atoms with Gasteiger partial charge in [-0.05, 0) is 0 Å². The number of benzene rings is 2. The van der Waals surface area contributed by atoms with Gasteiger partial charge in [0.2, 0.25) is 0 Å². The van der Waals surface area contributed by atoms with Crippen LogP contribution in [0, 0.1) is 0 Å². The van der Waals surface area contributed by atoms with Crippen molar-refractivity contribution in [2.24, 2.45) is 0 Å². The summed E-state index contributed by atoms with van der Waals surface area (Å²) in [6.07, 6.45) is 0. The summed E-state index contributed by atoms with van der Waals surface area (Å²) in [5.41, 5.74) is 0.616. The van der Waals surface area contributed by atoms with E-state index in [0.29, 0.717) is 14.5 Å². The fraction of sp³-hybridized carbons (Fsp3) is 0.333. The van der Waals surface area contributed by atoms with E-state index < -0.39 is 0 Å². The van der Waals surface area contributed by atoms with Crippen LogP contribution in [-0.2, 0) is 9.31 Å². The predicted octanol–water partition coefficient (Wildman–Crippen LogP) is 3.35. The molecule has 0 N–H and O–H groups in total. The molecule has 0 radical (unpaired) electrons. The maximum atomic E-state index is 6.26. The van der Waals surface area contributed by atoms with Gasteiger partial charge in [0.15, 0.2) is 0 Å². The van der Waals surface area contributed by atoms with Gasteiger partial charge in [-0.1, -0.05) is 0 Å². The predicted molar refractivity (Wildman–Crippen MR) is 94.1 cm³/mol. The van der Waals surface area contributed by atoms with Gasteiger partial charge >= 0.3 is 137 Å². The van der Waals surface area contributed by atoms with Gasteiger partial charge in [0.25, 0.3) is 0 Å². The van der Waals surface area contributed by atoms with Gasteiger partial charge in [-0.3, -0.25) is 0 Å². The van der Waals surface area contributed by atoms with Crippen LogP contribution in [0.4, 0.5) is 0 Å². The molecule has 1 fully saturated rings. The van der Waals surface area contributed by atoms with E-state index in [-0.39, 0.29) is 18.3 Å². The summed E-state index contributed by atoms with van der Waals surface area (Å²) in [6, 6.07) is 15.2. The second-order valence-electron chi connectivity index (χ2n) is 6.91. The Balaban J connectivity index is 1.90. The van der Waals surface area contributed by atoms with Crippen LogP contribution in [0.2, 0.25) is 0 Å². The molecule has 2 aromatic carbocycles. The maximum absolute atomic E-state index is 6.26. The third-order valence-corrected chi connectivity index (χ3v) is 7.53. The van der Waals surface area contributed by atoms with Crippen LogP contribution in [0.15, 0.2) is 42.5 Å². The van der Waals surface area contributed by atoms with Gasteiger partial charge in [0.1, 0.15) is 0 Å². The Kier molecular flexibility index (Phi) is 3.12. The Bertz CT molecular complexity index is 850. The molecule has 1 aromatic heterocycles. The second-order valence-corrected chi connectivity index (χ2v) is 9.12. The molecule has 0 aliphatic carbocycles. The fourth-order valence-corrected chi connectivity index (χ4v) is 5.49. The van der Waals surface area contributed by atoms with E-state index in [1.807, 2.05) is 0 Å². The summed E-state index contributed by atoms with van der Waals surface area (Å²) >= 11 is 0.326. The van der Waals surface area contributed by atoms with Crippen molar-refractivity contribution in [3.8, 4) is 0 Å². The minimum absolute atomic E-state index is 0.267. The van der Waals surface area contributed by atoms with Crippen LogP contribution < -0.4 is 5.46 Å². The van der Waals surface area contributed by atoms with E-state index in [1.54, 1.807) is 0 Å². The molecular weight excluding hydrogens is 338 g/mol. The molecule has 2 heterocycles. The average molecular weight is 357 g/mol. The average Bonchev–Trinajstić information content (AvgIpc) is 2.93. The molecule has 22 heavy (non-hydrogen) atoms. The summed E-state index contributed by atoms with van der Waals surface area (Å²) in [5, 5.41) is 2.72. The SMILES string of the molecule is CC1(C)OB(c2cccc3c2[se]c2ccccc23)OC1(C)C. The van der Waals surface area contributed by atoms with Crippen LogP contribution in [0.3, 0.4) is 0 Å². The van der Waals surface area contributed by atoms with Crippen molar-refractivity contribution in [1.82, 2.24) is 0 Å². The summed E-state index contributed by atoms with van der Waals surface area (Å²) in [5.74, 6) is 0. The van der Waals surface area contributed by atoms with Crippen molar-refractivity contribution >= 4 is 46.4 Å². The standard InChI is InChI=1S/C18H19BO2Se/c1-17(2)18(3,4)21-19(20-17)14-10-7-9-13-12-8-5-6-11-15(12)22-16(13)14/h5-11H,1-4H3. The molecule has 3 aromatic rings. The summed E-state index contributed by atoms with van der Waals surface area (Å²) in [6.45, 7) is 8.43. The Labute approximate surface area is 137 Å². The van der Waals surface area contributed by atoms with Crippen molar-refractivity contribution in [3.63, 3.8) is 0 Å². The van der Waals surface area contributed by atoms with Crippen molar-refractivity contribution < 1.29 is 9.31 Å². The molecule has 0 atom stereocenters. The molecule has 4 heteroatoms. The van der Waals surface area contributed by atoms with Crippen LogP contribution >= 0.6 is 0 Å². The van der Waals surface area contributed by atoms with Crippen molar-refractivity contribution in [2.75, 3.05) is 0 Å². The van der Waals surface area contributed by atoms with E-state index in [9.17, 15) is 0 Å². The molecular formula is C18H19BO2Se. The first-order valence-corrected chi connectivity index (χ1v) is 9.36. The molecule has 2 nitrogen and oxygen atoms in total. The Morgan fingerprint density at radius 2 is 1.45 bits per heavy atom. The first-order chi connectivity index (χ1) is 10.4. The molecule has 1 saturated heterocycles. The van der Waals surface area contributed by atoms with Crippen LogP contribution in [0.1, 0.15) is 27.7 Å². The zero-order chi connectivity index (χ0) is 15.5. The summed E-state index contributed by atoms with van der Waals surface area (Å²) in [4.78, 5) is 0. The van der Waals surface area contributed by atoms with E-state index >= 15 is 0 Å². The van der Waals surface area contributed by atoms with Crippen molar-refractivity contribution in [3.05, 3.63) is 42.5 Å². The third-order valence-electron chi connectivity index (χ3n) is 4.94. The van der Waals surface area contributed by atoms with Gasteiger partial charge < -0.3 is 0 Å². The van der Waals surface area contributed by atoms with Crippen LogP contribution in [0.5, 0.6) is 0 Å². The zero-order valence-corrected chi connectivity index (χ0v) is 15.1. The monoisotopic (exact) mass is 358 g/mol. The van der Waals surface area contributed by atoms with Crippen molar-refractivity contribution in [2.45, 2.75) is 38.9 Å². The normalized spacial score (nSPS) is 20.1. The van der Waals surface area contributed by atoms with Gasteiger partial charge in [0.05, 0.1) is 0 Å². The van der Waals surface area contributed by atoms with Crippen LogP contribution in [-0.4, -0.2) is 32.8 Å².